The lowest BCUT2D eigenvalue weighted by Gasteiger charge is -1.97. The Morgan fingerprint density at radius 1 is 1.00 bits per heavy atom. The van der Waals surface area contributed by atoms with Crippen LogP contribution in [0.5, 0.6) is 0 Å². The number of aromatic nitrogens is 1. The number of primary amides is 1. The fourth-order valence-corrected chi connectivity index (χ4v) is 1.14. The van der Waals surface area contributed by atoms with Crippen LogP contribution in [0.25, 0.3) is 11.3 Å². The minimum atomic E-state index is 0.250. The Morgan fingerprint density at radius 2 is 1.60 bits per heavy atom. The number of carbonyl (C=O) groups excluding carboxylic acids is 1. The molecule has 1 aromatic carbocycles. The fraction of sp³-hybridized carbons (Fsp3) is 0. The van der Waals surface area contributed by atoms with Crippen LogP contribution >= 0.6 is 0 Å². The minimum absolute atomic E-state index is 0.250. The highest BCUT2D eigenvalue weighted by Gasteiger charge is 1.93. The molecule has 2 rings (SSSR count). The van der Waals surface area contributed by atoms with E-state index in [2.05, 4.69) is 22.9 Å². The van der Waals surface area contributed by atoms with Crippen molar-refractivity contribution in [2.75, 3.05) is 0 Å². The number of nitrogens with two attached hydrogens (primary N) is 1. The molecule has 15 heavy (non-hydrogen) atoms. The van der Waals surface area contributed by atoms with Crippen LogP contribution in [0.4, 0.5) is 0 Å². The summed E-state index contributed by atoms with van der Waals surface area (Å²) in [6.45, 7) is 0. The van der Waals surface area contributed by atoms with Crippen LogP contribution in [0.2, 0.25) is 0 Å². The first-order valence-corrected chi connectivity index (χ1v) is 4.50. The minimum Gasteiger partial charge on any atom is -0.372 e. The second-order valence-electron chi connectivity index (χ2n) is 2.72. The van der Waals surface area contributed by atoms with Crippen molar-refractivity contribution >= 4 is 6.41 Å². The van der Waals surface area contributed by atoms with Crippen LogP contribution < -0.4 is 5.73 Å². The van der Waals surface area contributed by atoms with E-state index in [1.54, 1.807) is 0 Å². The second kappa shape index (κ2) is 6.32. The first-order chi connectivity index (χ1) is 7.38. The monoisotopic (exact) mass is 200 g/mol. The highest BCUT2D eigenvalue weighted by atomic mass is 16.1. The van der Waals surface area contributed by atoms with Gasteiger partial charge >= 0.3 is 0 Å². The molecule has 0 radical (unpaired) electrons. The summed E-state index contributed by atoms with van der Waals surface area (Å²) >= 11 is 0. The Kier molecular flexibility index (Phi) is 4.60. The van der Waals surface area contributed by atoms with Crippen molar-refractivity contribution in [3.8, 4) is 11.3 Å². The second-order valence-corrected chi connectivity index (χ2v) is 2.72. The average Bonchev–Trinajstić information content (AvgIpc) is 2.32. The van der Waals surface area contributed by atoms with Gasteiger partial charge in [-0.1, -0.05) is 36.4 Å². The lowest BCUT2D eigenvalue weighted by molar-refractivity contribution is -0.106. The van der Waals surface area contributed by atoms with Gasteiger partial charge in [-0.3, -0.25) is 9.78 Å². The summed E-state index contributed by atoms with van der Waals surface area (Å²) in [7, 11) is 0. The molecule has 0 aliphatic heterocycles. The topological polar surface area (TPSA) is 56.0 Å². The average molecular weight is 200 g/mol. The molecule has 3 heteroatoms. The molecular formula is C12H12N2O. The molecule has 1 amide bonds. The summed E-state index contributed by atoms with van der Waals surface area (Å²) in [6.07, 6.45) is 2.06. The molecule has 0 bridgehead atoms. The third kappa shape index (κ3) is 3.60. The number of nitrogens with zero attached hydrogens (tertiary/aromatic N) is 1. The SMILES string of the molecule is NC=O.c1ccc(-c2ccccn2)cc1. The molecule has 76 valence electrons. The summed E-state index contributed by atoms with van der Waals surface area (Å²) < 4.78 is 0. The van der Waals surface area contributed by atoms with E-state index in [0.717, 1.165) is 11.3 Å². The van der Waals surface area contributed by atoms with E-state index >= 15 is 0 Å². The Hall–Kier alpha value is -2.16. The van der Waals surface area contributed by atoms with Crippen LogP contribution in [-0.4, -0.2) is 11.4 Å². The molecule has 2 aromatic rings. The Balaban J connectivity index is 0.000000337. The lowest BCUT2D eigenvalue weighted by atomic mass is 10.1. The van der Waals surface area contributed by atoms with Gasteiger partial charge in [-0.05, 0) is 12.1 Å². The Bertz CT molecular complexity index is 349. The molecule has 1 heterocycles. The molecule has 2 N–H and O–H groups in total. The van der Waals surface area contributed by atoms with Gasteiger partial charge in [0.05, 0.1) is 5.69 Å². The van der Waals surface area contributed by atoms with Crippen molar-refractivity contribution in [2.45, 2.75) is 0 Å². The molecule has 0 aliphatic carbocycles. The molecule has 0 unspecified atom stereocenters. The van der Waals surface area contributed by atoms with Gasteiger partial charge < -0.3 is 5.73 Å². The molecule has 0 saturated carbocycles. The predicted molar refractivity (Wildman–Crippen MR) is 59.9 cm³/mol. The van der Waals surface area contributed by atoms with Gasteiger partial charge in [0.25, 0.3) is 0 Å². The molecule has 0 atom stereocenters. The van der Waals surface area contributed by atoms with Crippen molar-refractivity contribution in [2.24, 2.45) is 5.73 Å². The van der Waals surface area contributed by atoms with E-state index in [4.69, 9.17) is 4.79 Å². The molecule has 1 aromatic heterocycles. The number of hydrogen-bond acceptors (Lipinski definition) is 2. The van der Waals surface area contributed by atoms with Gasteiger partial charge in [-0.15, -0.1) is 0 Å². The van der Waals surface area contributed by atoms with Crippen molar-refractivity contribution in [1.29, 1.82) is 0 Å². The van der Waals surface area contributed by atoms with E-state index in [9.17, 15) is 0 Å². The molecule has 0 spiro atoms. The van der Waals surface area contributed by atoms with E-state index in [0.29, 0.717) is 0 Å². The Labute approximate surface area is 88.6 Å². The molecule has 0 saturated heterocycles. The molecule has 3 nitrogen and oxygen atoms in total. The quantitative estimate of drug-likeness (QED) is 0.714. The molecule has 0 fully saturated rings. The first-order valence-electron chi connectivity index (χ1n) is 4.50. The standard InChI is InChI=1S/C11H9N.CH3NO/c1-2-6-10(7-3-1)11-8-4-5-9-12-11;2-1-3/h1-9H;1H,(H2,2,3). The van der Waals surface area contributed by atoms with Crippen molar-refractivity contribution in [3.63, 3.8) is 0 Å². The Morgan fingerprint density at radius 3 is 2.13 bits per heavy atom. The fourth-order valence-electron chi connectivity index (χ4n) is 1.14. The van der Waals surface area contributed by atoms with Gasteiger partial charge in [0.2, 0.25) is 6.41 Å². The largest absolute Gasteiger partial charge is 0.372 e. The summed E-state index contributed by atoms with van der Waals surface area (Å²) in [4.78, 5) is 12.8. The third-order valence-corrected chi connectivity index (χ3v) is 1.73. The maximum absolute atomic E-state index is 8.58. The number of pyridine rings is 1. The van der Waals surface area contributed by atoms with E-state index in [1.165, 1.54) is 0 Å². The van der Waals surface area contributed by atoms with Crippen molar-refractivity contribution in [3.05, 3.63) is 54.7 Å². The number of benzene rings is 1. The maximum atomic E-state index is 8.58. The zero-order chi connectivity index (χ0) is 10.9. The smallest absolute Gasteiger partial charge is 0.204 e. The maximum Gasteiger partial charge on any atom is 0.204 e. The zero-order valence-electron chi connectivity index (χ0n) is 8.21. The summed E-state index contributed by atoms with van der Waals surface area (Å²) in [5.41, 5.74) is 6.36. The van der Waals surface area contributed by atoms with Crippen molar-refractivity contribution < 1.29 is 4.79 Å². The van der Waals surface area contributed by atoms with Crippen LogP contribution in [-0.2, 0) is 4.79 Å². The highest BCUT2D eigenvalue weighted by molar-refractivity contribution is 5.58. The summed E-state index contributed by atoms with van der Waals surface area (Å²) in [5, 5.41) is 0. The van der Waals surface area contributed by atoms with Gasteiger partial charge in [-0.2, -0.15) is 0 Å². The van der Waals surface area contributed by atoms with Crippen LogP contribution in [0.1, 0.15) is 0 Å². The number of amides is 1. The molecular weight excluding hydrogens is 188 g/mol. The van der Waals surface area contributed by atoms with E-state index in [-0.39, 0.29) is 6.41 Å². The number of rotatable bonds is 1. The summed E-state index contributed by atoms with van der Waals surface area (Å²) in [6, 6.07) is 16.1. The van der Waals surface area contributed by atoms with Crippen LogP contribution in [0, 0.1) is 0 Å². The van der Waals surface area contributed by atoms with Gasteiger partial charge in [0, 0.05) is 11.8 Å². The predicted octanol–water partition coefficient (Wildman–Crippen LogP) is 1.85. The lowest BCUT2D eigenvalue weighted by Crippen LogP contribution is -1.82. The van der Waals surface area contributed by atoms with Crippen LogP contribution in [0.15, 0.2) is 54.7 Å². The van der Waals surface area contributed by atoms with Gasteiger partial charge in [0.15, 0.2) is 0 Å². The van der Waals surface area contributed by atoms with E-state index in [1.807, 2.05) is 42.6 Å². The molecule has 0 aliphatic rings. The normalized spacial score (nSPS) is 8.53. The van der Waals surface area contributed by atoms with Gasteiger partial charge in [0.1, 0.15) is 0 Å². The first kappa shape index (κ1) is 10.9. The van der Waals surface area contributed by atoms with E-state index < -0.39 is 0 Å². The summed E-state index contributed by atoms with van der Waals surface area (Å²) in [5.74, 6) is 0. The van der Waals surface area contributed by atoms with Crippen LogP contribution in [0.3, 0.4) is 0 Å². The van der Waals surface area contributed by atoms with Gasteiger partial charge in [-0.25, -0.2) is 0 Å². The highest BCUT2D eigenvalue weighted by Crippen LogP contribution is 2.14. The number of hydrogen-bond donors (Lipinski definition) is 1. The zero-order valence-corrected chi connectivity index (χ0v) is 8.21. The van der Waals surface area contributed by atoms with Crippen molar-refractivity contribution in [1.82, 2.24) is 4.98 Å². The number of carbonyl (C=O) groups is 1. The third-order valence-electron chi connectivity index (χ3n) is 1.73.